The molecule has 1 amide bonds. The number of aliphatic carboxylic acids is 1. The summed E-state index contributed by atoms with van der Waals surface area (Å²) in [6.45, 7) is -0.953. The third-order valence-electron chi connectivity index (χ3n) is 3.22. The second kappa shape index (κ2) is 8.47. The maximum Gasteiger partial charge on any atom is 0.411 e. The zero-order valence-corrected chi connectivity index (χ0v) is 12.9. The van der Waals surface area contributed by atoms with E-state index in [-0.39, 0.29) is 18.9 Å². The van der Waals surface area contributed by atoms with Crippen molar-refractivity contribution < 1.29 is 24.2 Å². The molecule has 0 aromatic heterocycles. The van der Waals surface area contributed by atoms with Gasteiger partial charge >= 0.3 is 12.1 Å². The van der Waals surface area contributed by atoms with Crippen LogP contribution in [0.15, 0.2) is 60.7 Å². The molecule has 6 heteroatoms. The molecule has 2 rings (SSSR count). The smallest absolute Gasteiger partial charge is 0.411 e. The summed E-state index contributed by atoms with van der Waals surface area (Å²) in [5.74, 6) is -1.57. The number of ketones is 1. The molecule has 1 N–H and O–H groups in total. The third-order valence-corrected chi connectivity index (χ3v) is 3.22. The van der Waals surface area contributed by atoms with Crippen LogP contribution in [0.25, 0.3) is 0 Å². The van der Waals surface area contributed by atoms with Crippen LogP contribution in [0.1, 0.15) is 15.9 Å². The van der Waals surface area contributed by atoms with Gasteiger partial charge in [0.15, 0.2) is 5.78 Å². The number of carbonyl (C=O) groups excluding carboxylic acids is 2. The largest absolute Gasteiger partial charge is 0.480 e. The fraction of sp³-hybridized carbons (Fsp3) is 0.167. The molecule has 0 radical (unpaired) electrons. The number of carboxylic acids is 1. The van der Waals surface area contributed by atoms with Crippen molar-refractivity contribution in [3.8, 4) is 0 Å². The first kappa shape index (κ1) is 17.2. The lowest BCUT2D eigenvalue weighted by molar-refractivity contribution is -0.137. The molecule has 0 aliphatic rings. The number of carboxylic acid groups (broad SMARTS) is 1. The minimum atomic E-state index is -1.22. The average Bonchev–Trinajstić information content (AvgIpc) is 2.60. The van der Waals surface area contributed by atoms with Crippen molar-refractivity contribution in [1.29, 1.82) is 0 Å². The molecule has 0 aliphatic heterocycles. The highest BCUT2D eigenvalue weighted by atomic mass is 16.6. The maximum atomic E-state index is 12.2. The van der Waals surface area contributed by atoms with Gasteiger partial charge in [-0.1, -0.05) is 60.7 Å². The Morgan fingerprint density at radius 3 is 2.04 bits per heavy atom. The first-order chi connectivity index (χ1) is 11.6. The van der Waals surface area contributed by atoms with Gasteiger partial charge in [0.1, 0.15) is 13.2 Å². The van der Waals surface area contributed by atoms with Gasteiger partial charge in [0, 0.05) is 5.56 Å². The van der Waals surface area contributed by atoms with Crippen LogP contribution in [-0.2, 0) is 16.1 Å². The highest BCUT2D eigenvalue weighted by molar-refractivity contribution is 5.99. The van der Waals surface area contributed by atoms with Crippen molar-refractivity contribution in [1.82, 2.24) is 4.90 Å². The van der Waals surface area contributed by atoms with Crippen molar-refractivity contribution in [3.63, 3.8) is 0 Å². The van der Waals surface area contributed by atoms with Crippen LogP contribution in [0.4, 0.5) is 4.79 Å². The number of hydrogen-bond donors (Lipinski definition) is 1. The van der Waals surface area contributed by atoms with Gasteiger partial charge in [-0.25, -0.2) is 4.79 Å². The molecule has 2 aromatic rings. The Labute approximate surface area is 139 Å². The lowest BCUT2D eigenvalue weighted by Crippen LogP contribution is -2.39. The summed E-state index contributed by atoms with van der Waals surface area (Å²) in [5, 5.41) is 8.94. The quantitative estimate of drug-likeness (QED) is 0.790. The highest BCUT2D eigenvalue weighted by Crippen LogP contribution is 2.06. The zero-order chi connectivity index (χ0) is 17.4. The Kier molecular flexibility index (Phi) is 6.08. The van der Waals surface area contributed by atoms with Crippen molar-refractivity contribution in [2.75, 3.05) is 13.1 Å². The SMILES string of the molecule is O=C(O)CN(CC(=O)c1ccccc1)C(=O)OCc1ccccc1. The van der Waals surface area contributed by atoms with Gasteiger partial charge in [-0.2, -0.15) is 0 Å². The summed E-state index contributed by atoms with van der Waals surface area (Å²) < 4.78 is 5.10. The van der Waals surface area contributed by atoms with E-state index in [0.717, 1.165) is 10.5 Å². The summed E-state index contributed by atoms with van der Waals surface area (Å²) in [4.78, 5) is 36.1. The number of hydrogen-bond acceptors (Lipinski definition) is 4. The molecule has 0 aliphatic carbocycles. The third kappa shape index (κ3) is 5.24. The minimum absolute atomic E-state index is 0.00925. The monoisotopic (exact) mass is 327 g/mol. The van der Waals surface area contributed by atoms with Crippen LogP contribution in [0.2, 0.25) is 0 Å². The molecular weight excluding hydrogens is 310 g/mol. The summed E-state index contributed by atoms with van der Waals surface area (Å²) in [6.07, 6.45) is -0.842. The van der Waals surface area contributed by atoms with E-state index in [9.17, 15) is 14.4 Å². The number of nitrogens with zero attached hydrogens (tertiary/aromatic N) is 1. The Morgan fingerprint density at radius 1 is 0.875 bits per heavy atom. The molecule has 24 heavy (non-hydrogen) atoms. The number of rotatable bonds is 7. The second-order valence-corrected chi connectivity index (χ2v) is 5.08. The molecule has 0 bridgehead atoms. The number of Topliss-reactive ketones (excluding diaryl/α,β-unsaturated/α-hetero) is 1. The molecule has 0 saturated carbocycles. The van der Waals surface area contributed by atoms with Gasteiger partial charge in [0.05, 0.1) is 6.54 Å². The fourth-order valence-electron chi connectivity index (χ4n) is 2.05. The van der Waals surface area contributed by atoms with Gasteiger partial charge in [-0.05, 0) is 5.56 Å². The lowest BCUT2D eigenvalue weighted by Gasteiger charge is -2.19. The molecule has 0 heterocycles. The van der Waals surface area contributed by atoms with Crippen LogP contribution in [0.3, 0.4) is 0 Å². The first-order valence-electron chi connectivity index (χ1n) is 7.32. The molecule has 0 saturated heterocycles. The first-order valence-corrected chi connectivity index (χ1v) is 7.32. The maximum absolute atomic E-state index is 12.2. The van der Waals surface area contributed by atoms with Gasteiger partial charge in [0.2, 0.25) is 0 Å². The van der Waals surface area contributed by atoms with E-state index in [1.54, 1.807) is 54.6 Å². The zero-order valence-electron chi connectivity index (χ0n) is 12.9. The van der Waals surface area contributed by atoms with Crippen LogP contribution in [0.5, 0.6) is 0 Å². The van der Waals surface area contributed by atoms with Crippen LogP contribution >= 0.6 is 0 Å². The number of benzene rings is 2. The number of amides is 1. The summed E-state index contributed by atoms with van der Waals surface area (Å²) in [6, 6.07) is 17.4. The highest BCUT2D eigenvalue weighted by Gasteiger charge is 2.22. The van der Waals surface area contributed by atoms with Crippen molar-refractivity contribution in [2.45, 2.75) is 6.61 Å². The van der Waals surface area contributed by atoms with E-state index in [2.05, 4.69) is 0 Å². The average molecular weight is 327 g/mol. The Morgan fingerprint density at radius 2 is 1.46 bits per heavy atom. The molecule has 0 spiro atoms. The molecule has 0 fully saturated rings. The van der Waals surface area contributed by atoms with E-state index < -0.39 is 18.6 Å². The predicted octanol–water partition coefficient (Wildman–Crippen LogP) is 2.59. The molecule has 0 atom stereocenters. The van der Waals surface area contributed by atoms with Crippen molar-refractivity contribution in [3.05, 3.63) is 71.8 Å². The Bertz CT molecular complexity index is 700. The molecule has 6 nitrogen and oxygen atoms in total. The fourth-order valence-corrected chi connectivity index (χ4v) is 2.05. The van der Waals surface area contributed by atoms with E-state index >= 15 is 0 Å². The minimum Gasteiger partial charge on any atom is -0.480 e. The number of ether oxygens (including phenoxy) is 1. The van der Waals surface area contributed by atoms with Gasteiger partial charge < -0.3 is 9.84 Å². The molecular formula is C18H17NO5. The van der Waals surface area contributed by atoms with Gasteiger partial charge in [-0.15, -0.1) is 0 Å². The lowest BCUT2D eigenvalue weighted by atomic mass is 10.1. The normalized spacial score (nSPS) is 10.0. The molecule has 124 valence electrons. The van der Waals surface area contributed by atoms with Gasteiger partial charge in [-0.3, -0.25) is 14.5 Å². The van der Waals surface area contributed by atoms with E-state index in [0.29, 0.717) is 5.56 Å². The molecule has 2 aromatic carbocycles. The van der Waals surface area contributed by atoms with E-state index in [1.807, 2.05) is 6.07 Å². The number of carbonyl (C=O) groups is 3. The van der Waals surface area contributed by atoms with Crippen molar-refractivity contribution >= 4 is 17.8 Å². The Hall–Kier alpha value is -3.15. The van der Waals surface area contributed by atoms with Crippen LogP contribution < -0.4 is 0 Å². The van der Waals surface area contributed by atoms with E-state index in [4.69, 9.17) is 9.84 Å². The predicted molar refractivity (Wildman–Crippen MR) is 86.6 cm³/mol. The topological polar surface area (TPSA) is 83.9 Å². The molecule has 0 unspecified atom stereocenters. The second-order valence-electron chi connectivity index (χ2n) is 5.08. The van der Waals surface area contributed by atoms with E-state index in [1.165, 1.54) is 0 Å². The standard InChI is InChI=1S/C18H17NO5/c20-16(15-9-5-2-6-10-15)11-19(12-17(21)22)18(23)24-13-14-7-3-1-4-8-14/h1-10H,11-13H2,(H,21,22). The van der Waals surface area contributed by atoms with Crippen LogP contribution in [-0.4, -0.2) is 40.9 Å². The van der Waals surface area contributed by atoms with Crippen molar-refractivity contribution in [2.24, 2.45) is 0 Å². The van der Waals surface area contributed by atoms with Gasteiger partial charge in [0.25, 0.3) is 0 Å². The summed E-state index contributed by atoms with van der Waals surface area (Å²) in [5.41, 5.74) is 1.18. The Balaban J connectivity index is 2.00. The summed E-state index contributed by atoms with van der Waals surface area (Å²) >= 11 is 0. The summed E-state index contributed by atoms with van der Waals surface area (Å²) in [7, 11) is 0. The van der Waals surface area contributed by atoms with Crippen LogP contribution in [0, 0.1) is 0 Å².